The van der Waals surface area contributed by atoms with Crippen molar-refractivity contribution in [3.63, 3.8) is 0 Å². The molecular formula is C18H14N2O4. The summed E-state index contributed by atoms with van der Waals surface area (Å²) in [5.74, 6) is -1.41. The number of nitrogens with one attached hydrogen (secondary N) is 2. The molecule has 0 aliphatic rings. The zero-order valence-corrected chi connectivity index (χ0v) is 12.8. The summed E-state index contributed by atoms with van der Waals surface area (Å²) in [6.45, 7) is 1.46. The molecule has 1 amide bonds. The molecule has 0 unspecified atom stereocenters. The van der Waals surface area contributed by atoms with E-state index >= 15 is 0 Å². The number of anilines is 1. The van der Waals surface area contributed by atoms with Gasteiger partial charge in [0.05, 0.1) is 0 Å². The summed E-state index contributed by atoms with van der Waals surface area (Å²) in [5.41, 5.74) is 2.30. The van der Waals surface area contributed by atoms with Crippen LogP contribution >= 0.6 is 0 Å². The maximum atomic E-state index is 12.2. The SMILES string of the molecule is CC(=O)c1ccc(C(=O)Nc2ccc3[nH]c(C(=O)O)cc3c2)cc1. The molecular weight excluding hydrogens is 308 g/mol. The Kier molecular flexibility index (Phi) is 3.87. The summed E-state index contributed by atoms with van der Waals surface area (Å²) < 4.78 is 0. The van der Waals surface area contributed by atoms with Gasteiger partial charge in [-0.1, -0.05) is 12.1 Å². The van der Waals surface area contributed by atoms with Crippen molar-refractivity contribution >= 4 is 34.3 Å². The van der Waals surface area contributed by atoms with Crippen LogP contribution in [-0.2, 0) is 0 Å². The molecule has 0 saturated heterocycles. The molecule has 0 bridgehead atoms. The Labute approximate surface area is 137 Å². The maximum Gasteiger partial charge on any atom is 0.352 e. The first-order valence-corrected chi connectivity index (χ1v) is 7.22. The molecule has 0 fully saturated rings. The van der Waals surface area contributed by atoms with Gasteiger partial charge in [-0.3, -0.25) is 9.59 Å². The number of aromatic amines is 1. The number of aromatic nitrogens is 1. The van der Waals surface area contributed by atoms with Gasteiger partial charge in [0, 0.05) is 27.7 Å². The van der Waals surface area contributed by atoms with E-state index in [9.17, 15) is 14.4 Å². The molecule has 120 valence electrons. The van der Waals surface area contributed by atoms with E-state index < -0.39 is 5.97 Å². The van der Waals surface area contributed by atoms with Gasteiger partial charge in [-0.05, 0) is 43.3 Å². The van der Waals surface area contributed by atoms with Gasteiger partial charge in [-0.15, -0.1) is 0 Å². The van der Waals surface area contributed by atoms with Gasteiger partial charge in [-0.2, -0.15) is 0 Å². The maximum absolute atomic E-state index is 12.2. The standard InChI is InChI=1S/C18H14N2O4/c1-10(21)11-2-4-12(5-3-11)17(22)19-14-6-7-15-13(8-14)9-16(20-15)18(23)24/h2-9,20H,1H3,(H,19,22)(H,23,24). The summed E-state index contributed by atoms with van der Waals surface area (Å²) in [5, 5.41) is 12.4. The zero-order chi connectivity index (χ0) is 17.3. The lowest BCUT2D eigenvalue weighted by Crippen LogP contribution is -2.11. The van der Waals surface area contributed by atoms with Crippen LogP contribution in [0.2, 0.25) is 0 Å². The zero-order valence-electron chi connectivity index (χ0n) is 12.8. The van der Waals surface area contributed by atoms with E-state index in [1.807, 2.05) is 0 Å². The van der Waals surface area contributed by atoms with E-state index in [-0.39, 0.29) is 17.4 Å². The van der Waals surface area contributed by atoms with Crippen LogP contribution in [0.15, 0.2) is 48.5 Å². The molecule has 2 aromatic carbocycles. The van der Waals surface area contributed by atoms with Crippen LogP contribution in [0.1, 0.15) is 38.1 Å². The highest BCUT2D eigenvalue weighted by atomic mass is 16.4. The number of hydrogen-bond acceptors (Lipinski definition) is 3. The van der Waals surface area contributed by atoms with Crippen LogP contribution < -0.4 is 5.32 Å². The number of fused-ring (bicyclic) bond motifs is 1. The third-order valence-corrected chi connectivity index (χ3v) is 3.66. The first-order valence-electron chi connectivity index (χ1n) is 7.22. The number of H-pyrrole nitrogens is 1. The summed E-state index contributed by atoms with van der Waals surface area (Å²) >= 11 is 0. The van der Waals surface area contributed by atoms with Gasteiger partial charge in [-0.25, -0.2) is 4.79 Å². The molecule has 24 heavy (non-hydrogen) atoms. The smallest absolute Gasteiger partial charge is 0.352 e. The molecule has 6 heteroatoms. The summed E-state index contributed by atoms with van der Waals surface area (Å²) in [6, 6.07) is 13.0. The number of rotatable bonds is 4. The second-order valence-corrected chi connectivity index (χ2v) is 5.38. The highest BCUT2D eigenvalue weighted by molar-refractivity contribution is 6.06. The van der Waals surface area contributed by atoms with Gasteiger partial charge in [0.15, 0.2) is 5.78 Å². The fraction of sp³-hybridized carbons (Fsp3) is 0.0556. The van der Waals surface area contributed by atoms with Crippen LogP contribution in [0, 0.1) is 0 Å². The van der Waals surface area contributed by atoms with Gasteiger partial charge in [0.25, 0.3) is 5.91 Å². The van der Waals surface area contributed by atoms with Gasteiger partial charge < -0.3 is 15.4 Å². The Bertz CT molecular complexity index is 955. The Morgan fingerprint density at radius 3 is 2.25 bits per heavy atom. The van der Waals surface area contributed by atoms with Gasteiger partial charge >= 0.3 is 5.97 Å². The Balaban J connectivity index is 1.82. The predicted octanol–water partition coefficient (Wildman–Crippen LogP) is 3.32. The third-order valence-electron chi connectivity index (χ3n) is 3.66. The molecule has 0 saturated carbocycles. The Morgan fingerprint density at radius 2 is 1.62 bits per heavy atom. The molecule has 3 aromatic rings. The van der Waals surface area contributed by atoms with Crippen molar-refractivity contribution in [2.75, 3.05) is 5.32 Å². The van der Waals surface area contributed by atoms with E-state index in [1.54, 1.807) is 42.5 Å². The van der Waals surface area contributed by atoms with Crippen LogP contribution in [0.3, 0.4) is 0 Å². The molecule has 0 spiro atoms. The Hall–Kier alpha value is -3.41. The number of carboxylic acids is 1. The number of carboxylic acid groups (broad SMARTS) is 1. The normalized spacial score (nSPS) is 10.5. The summed E-state index contributed by atoms with van der Waals surface area (Å²) in [7, 11) is 0. The molecule has 0 aliphatic heterocycles. The number of amides is 1. The molecule has 6 nitrogen and oxygen atoms in total. The van der Waals surface area contributed by atoms with Crippen LogP contribution in [0.4, 0.5) is 5.69 Å². The van der Waals surface area contributed by atoms with Crippen LogP contribution in [0.5, 0.6) is 0 Å². The van der Waals surface area contributed by atoms with Crippen molar-refractivity contribution in [1.82, 2.24) is 4.98 Å². The molecule has 1 aromatic heterocycles. The summed E-state index contributed by atoms with van der Waals surface area (Å²) in [6.07, 6.45) is 0. The first kappa shape index (κ1) is 15.5. The minimum Gasteiger partial charge on any atom is -0.477 e. The predicted molar refractivity (Wildman–Crippen MR) is 89.7 cm³/mol. The van der Waals surface area contributed by atoms with E-state index in [0.717, 1.165) is 0 Å². The highest BCUT2D eigenvalue weighted by Crippen LogP contribution is 2.21. The van der Waals surface area contributed by atoms with Crippen molar-refractivity contribution in [3.8, 4) is 0 Å². The quantitative estimate of drug-likeness (QED) is 0.642. The van der Waals surface area contributed by atoms with E-state index in [4.69, 9.17) is 5.11 Å². The van der Waals surface area contributed by atoms with E-state index in [2.05, 4.69) is 10.3 Å². The van der Waals surface area contributed by atoms with Crippen molar-refractivity contribution in [2.45, 2.75) is 6.92 Å². The summed E-state index contributed by atoms with van der Waals surface area (Å²) in [4.78, 5) is 37.2. The van der Waals surface area contributed by atoms with Crippen molar-refractivity contribution in [3.05, 3.63) is 65.4 Å². The lowest BCUT2D eigenvalue weighted by molar-refractivity contribution is 0.0691. The number of benzene rings is 2. The number of hydrogen-bond donors (Lipinski definition) is 3. The molecule has 0 atom stereocenters. The lowest BCUT2D eigenvalue weighted by Gasteiger charge is -2.06. The third kappa shape index (κ3) is 3.03. The number of ketones is 1. The van der Waals surface area contributed by atoms with Crippen molar-refractivity contribution in [1.29, 1.82) is 0 Å². The number of carbonyl (C=O) groups is 3. The monoisotopic (exact) mass is 322 g/mol. The topological polar surface area (TPSA) is 99.3 Å². The van der Waals surface area contributed by atoms with E-state index in [0.29, 0.717) is 27.7 Å². The van der Waals surface area contributed by atoms with Crippen LogP contribution in [0.25, 0.3) is 10.9 Å². The molecule has 1 heterocycles. The Morgan fingerprint density at radius 1 is 0.958 bits per heavy atom. The molecule has 0 aliphatic carbocycles. The van der Waals surface area contributed by atoms with E-state index in [1.165, 1.54) is 13.0 Å². The fourth-order valence-corrected chi connectivity index (χ4v) is 2.39. The fourth-order valence-electron chi connectivity index (χ4n) is 2.39. The minimum absolute atomic E-state index is 0.0610. The first-order chi connectivity index (χ1) is 11.4. The number of Topliss-reactive ketones (excluding diaryl/α,β-unsaturated/α-hetero) is 1. The minimum atomic E-state index is -1.04. The average molecular weight is 322 g/mol. The van der Waals surface area contributed by atoms with Gasteiger partial charge in [0.2, 0.25) is 0 Å². The second kappa shape index (κ2) is 6.00. The van der Waals surface area contributed by atoms with Crippen LogP contribution in [-0.4, -0.2) is 27.8 Å². The molecule has 3 N–H and O–H groups in total. The largest absolute Gasteiger partial charge is 0.477 e. The van der Waals surface area contributed by atoms with Crippen molar-refractivity contribution in [2.24, 2.45) is 0 Å². The lowest BCUT2D eigenvalue weighted by atomic mass is 10.1. The molecule has 3 rings (SSSR count). The average Bonchev–Trinajstić information content (AvgIpc) is 2.98. The second-order valence-electron chi connectivity index (χ2n) is 5.38. The molecule has 0 radical (unpaired) electrons. The van der Waals surface area contributed by atoms with Crippen molar-refractivity contribution < 1.29 is 19.5 Å². The van der Waals surface area contributed by atoms with Gasteiger partial charge in [0.1, 0.15) is 5.69 Å². The highest BCUT2D eigenvalue weighted by Gasteiger charge is 2.10. The number of aromatic carboxylic acids is 1. The number of carbonyl (C=O) groups excluding carboxylic acids is 2.